The van der Waals surface area contributed by atoms with E-state index in [-0.39, 0.29) is 36.6 Å². The normalized spacial score (nSPS) is 11.4. The Morgan fingerprint density at radius 2 is 2.12 bits per heavy atom. The molecule has 1 atom stereocenters. The molecule has 0 radical (unpaired) electrons. The van der Waals surface area contributed by atoms with Crippen molar-refractivity contribution in [1.82, 2.24) is 10.3 Å². The second kappa shape index (κ2) is 8.69. The molecule has 1 amide bonds. The molecule has 3 N–H and O–H groups in total. The van der Waals surface area contributed by atoms with E-state index in [1.807, 2.05) is 20.8 Å². The zero-order valence-corrected chi connectivity index (χ0v) is 12.5. The first-order valence-electron chi connectivity index (χ1n) is 4.94. The van der Waals surface area contributed by atoms with Crippen molar-refractivity contribution in [2.75, 3.05) is 0 Å². The Morgan fingerprint density at radius 3 is 2.53 bits per heavy atom. The Labute approximate surface area is 118 Å². The fourth-order valence-electron chi connectivity index (χ4n) is 1.08. The van der Waals surface area contributed by atoms with Crippen molar-refractivity contribution >= 4 is 42.1 Å². The fourth-order valence-corrected chi connectivity index (χ4v) is 1.80. The maximum absolute atomic E-state index is 11.5. The molecular formula is C10H19Cl2N3OS. The van der Waals surface area contributed by atoms with Gasteiger partial charge in [0.15, 0.2) is 0 Å². The van der Waals surface area contributed by atoms with Crippen LogP contribution in [0.1, 0.15) is 24.4 Å². The van der Waals surface area contributed by atoms with Crippen LogP contribution < -0.4 is 11.1 Å². The first-order valence-corrected chi connectivity index (χ1v) is 5.82. The average molecular weight is 300 g/mol. The summed E-state index contributed by atoms with van der Waals surface area (Å²) in [6.45, 7) is 6.32. The van der Waals surface area contributed by atoms with Crippen LogP contribution in [-0.2, 0) is 11.3 Å². The summed E-state index contributed by atoms with van der Waals surface area (Å²) in [5.74, 6) is 0.0605. The summed E-state index contributed by atoms with van der Waals surface area (Å²) in [4.78, 5) is 16.7. The van der Waals surface area contributed by atoms with Crippen LogP contribution in [0.3, 0.4) is 0 Å². The highest BCUT2D eigenvalue weighted by atomic mass is 35.5. The number of nitrogens with one attached hydrogen (secondary N) is 1. The molecule has 1 aromatic rings. The monoisotopic (exact) mass is 299 g/mol. The first-order chi connectivity index (χ1) is 7.02. The summed E-state index contributed by atoms with van der Waals surface area (Å²) >= 11 is 1.54. The van der Waals surface area contributed by atoms with E-state index in [2.05, 4.69) is 10.3 Å². The van der Waals surface area contributed by atoms with Gasteiger partial charge in [0.25, 0.3) is 0 Å². The summed E-state index contributed by atoms with van der Waals surface area (Å²) in [7, 11) is 0. The number of hydrogen-bond donors (Lipinski definition) is 2. The van der Waals surface area contributed by atoms with E-state index in [0.717, 1.165) is 10.6 Å². The van der Waals surface area contributed by atoms with Crippen molar-refractivity contribution in [1.29, 1.82) is 0 Å². The third-order valence-electron chi connectivity index (χ3n) is 2.29. The minimum Gasteiger partial charge on any atom is -0.350 e. The topological polar surface area (TPSA) is 68.0 Å². The fraction of sp³-hybridized carbons (Fsp3) is 0.600. The molecule has 0 spiro atoms. The van der Waals surface area contributed by atoms with Crippen LogP contribution in [0.15, 0.2) is 5.51 Å². The third-order valence-corrected chi connectivity index (χ3v) is 3.22. The lowest BCUT2D eigenvalue weighted by Crippen LogP contribution is -2.43. The molecule has 0 saturated carbocycles. The number of hydrogen-bond acceptors (Lipinski definition) is 4. The number of carbonyl (C=O) groups excluding carboxylic acids is 1. The molecule has 0 fully saturated rings. The number of thiazole rings is 1. The number of aromatic nitrogens is 1. The van der Waals surface area contributed by atoms with Gasteiger partial charge in [-0.15, -0.1) is 36.2 Å². The molecule has 1 heterocycles. The number of aryl methyl sites for hydroxylation is 1. The lowest BCUT2D eigenvalue weighted by atomic mass is 10.1. The quantitative estimate of drug-likeness (QED) is 0.892. The standard InChI is InChI=1S/C10H17N3OS.2ClH/c1-6(2)9(11)10(14)12-4-8-7(3)13-5-15-8;;/h5-6,9H,4,11H2,1-3H3,(H,12,14);2*1H. The van der Waals surface area contributed by atoms with Gasteiger partial charge in [0, 0.05) is 4.88 Å². The van der Waals surface area contributed by atoms with Gasteiger partial charge in [-0.05, 0) is 12.8 Å². The van der Waals surface area contributed by atoms with Crippen LogP contribution in [0.2, 0.25) is 0 Å². The van der Waals surface area contributed by atoms with Gasteiger partial charge in [0.1, 0.15) is 0 Å². The lowest BCUT2D eigenvalue weighted by Gasteiger charge is -2.14. The molecule has 17 heavy (non-hydrogen) atoms. The number of nitrogens with two attached hydrogens (primary N) is 1. The summed E-state index contributed by atoms with van der Waals surface area (Å²) in [5.41, 5.74) is 8.46. The second-order valence-electron chi connectivity index (χ2n) is 3.85. The van der Waals surface area contributed by atoms with Crippen LogP contribution in [0.4, 0.5) is 0 Å². The van der Waals surface area contributed by atoms with Crippen molar-refractivity contribution in [3.05, 3.63) is 16.1 Å². The van der Waals surface area contributed by atoms with Crippen LogP contribution in [0.5, 0.6) is 0 Å². The van der Waals surface area contributed by atoms with Gasteiger partial charge in [-0.3, -0.25) is 4.79 Å². The number of rotatable bonds is 4. The van der Waals surface area contributed by atoms with Crippen molar-refractivity contribution in [2.24, 2.45) is 11.7 Å². The van der Waals surface area contributed by atoms with Crippen LogP contribution >= 0.6 is 36.2 Å². The van der Waals surface area contributed by atoms with Crippen molar-refractivity contribution in [2.45, 2.75) is 33.4 Å². The SMILES string of the molecule is Cc1ncsc1CNC(=O)C(N)C(C)C.Cl.Cl. The van der Waals surface area contributed by atoms with Gasteiger partial charge >= 0.3 is 0 Å². The van der Waals surface area contributed by atoms with E-state index in [4.69, 9.17) is 5.73 Å². The molecule has 0 aliphatic carbocycles. The number of amides is 1. The van der Waals surface area contributed by atoms with Gasteiger partial charge in [-0.1, -0.05) is 13.8 Å². The van der Waals surface area contributed by atoms with E-state index in [9.17, 15) is 4.79 Å². The van der Waals surface area contributed by atoms with E-state index in [0.29, 0.717) is 6.54 Å². The third kappa shape index (κ3) is 5.68. The zero-order valence-electron chi connectivity index (χ0n) is 10.1. The molecule has 0 aliphatic heterocycles. The highest BCUT2D eigenvalue weighted by Gasteiger charge is 2.16. The van der Waals surface area contributed by atoms with E-state index in [1.165, 1.54) is 0 Å². The minimum absolute atomic E-state index is 0. The van der Waals surface area contributed by atoms with Crippen molar-refractivity contribution in [3.63, 3.8) is 0 Å². The Morgan fingerprint density at radius 1 is 1.53 bits per heavy atom. The van der Waals surface area contributed by atoms with Gasteiger partial charge < -0.3 is 11.1 Å². The Kier molecular flexibility index (Phi) is 9.71. The molecule has 7 heteroatoms. The average Bonchev–Trinajstić information content (AvgIpc) is 2.59. The van der Waals surface area contributed by atoms with Gasteiger partial charge in [0.05, 0.1) is 23.8 Å². The smallest absolute Gasteiger partial charge is 0.237 e. The zero-order chi connectivity index (χ0) is 11.4. The molecule has 0 aliphatic rings. The molecule has 0 saturated heterocycles. The molecule has 4 nitrogen and oxygen atoms in total. The molecule has 100 valence electrons. The van der Waals surface area contributed by atoms with Crippen LogP contribution in [0, 0.1) is 12.8 Å². The summed E-state index contributed by atoms with van der Waals surface area (Å²) in [6, 6.07) is -0.432. The predicted octanol–water partition coefficient (Wildman–Crippen LogP) is 1.89. The van der Waals surface area contributed by atoms with Crippen molar-refractivity contribution in [3.8, 4) is 0 Å². The Hall–Kier alpha value is -0.360. The predicted molar refractivity (Wildman–Crippen MR) is 76.0 cm³/mol. The number of halogens is 2. The number of nitrogens with zero attached hydrogens (tertiary/aromatic N) is 1. The largest absolute Gasteiger partial charge is 0.350 e. The maximum atomic E-state index is 11.5. The van der Waals surface area contributed by atoms with Gasteiger partial charge in [0.2, 0.25) is 5.91 Å². The second-order valence-corrected chi connectivity index (χ2v) is 4.79. The van der Waals surface area contributed by atoms with E-state index >= 15 is 0 Å². The van der Waals surface area contributed by atoms with Crippen molar-refractivity contribution < 1.29 is 4.79 Å². The Bertz CT molecular complexity index is 344. The van der Waals surface area contributed by atoms with Crippen LogP contribution in [-0.4, -0.2) is 16.9 Å². The minimum atomic E-state index is -0.432. The molecule has 1 rings (SSSR count). The highest BCUT2D eigenvalue weighted by Crippen LogP contribution is 2.11. The summed E-state index contributed by atoms with van der Waals surface area (Å²) < 4.78 is 0. The first kappa shape index (κ1) is 19.0. The molecule has 0 aromatic carbocycles. The molecular weight excluding hydrogens is 281 g/mol. The maximum Gasteiger partial charge on any atom is 0.237 e. The van der Waals surface area contributed by atoms with Gasteiger partial charge in [-0.2, -0.15) is 0 Å². The summed E-state index contributed by atoms with van der Waals surface area (Å²) in [6.07, 6.45) is 0. The number of carbonyl (C=O) groups is 1. The lowest BCUT2D eigenvalue weighted by molar-refractivity contribution is -0.123. The summed E-state index contributed by atoms with van der Waals surface area (Å²) in [5, 5.41) is 2.81. The highest BCUT2D eigenvalue weighted by molar-refractivity contribution is 7.09. The van der Waals surface area contributed by atoms with E-state index in [1.54, 1.807) is 16.8 Å². The molecule has 0 bridgehead atoms. The molecule has 1 unspecified atom stereocenters. The van der Waals surface area contributed by atoms with Gasteiger partial charge in [-0.25, -0.2) is 4.98 Å². The van der Waals surface area contributed by atoms with E-state index < -0.39 is 6.04 Å². The Balaban J connectivity index is 0. The molecule has 1 aromatic heterocycles. The van der Waals surface area contributed by atoms with Crippen LogP contribution in [0.25, 0.3) is 0 Å².